The molecule has 1 fully saturated rings. The van der Waals surface area contributed by atoms with Gasteiger partial charge in [-0.3, -0.25) is 4.21 Å². The molecule has 1 aromatic rings. The maximum Gasteiger partial charge on any atom is 0.134 e. The second kappa shape index (κ2) is 7.95. The first kappa shape index (κ1) is 16.5. The Balaban J connectivity index is 2.21. The SMILES string of the molecule is CCCC1CCC(NC)C(S(=O)c2ccccc2OC)C1. The van der Waals surface area contributed by atoms with Gasteiger partial charge in [-0.25, -0.2) is 0 Å². The summed E-state index contributed by atoms with van der Waals surface area (Å²) in [4.78, 5) is 0.836. The third-order valence-corrected chi connectivity index (χ3v) is 6.37. The molecule has 3 nitrogen and oxygen atoms in total. The summed E-state index contributed by atoms with van der Waals surface area (Å²) in [5.41, 5.74) is 0. The maximum absolute atomic E-state index is 13.1. The number of benzene rings is 1. The number of nitrogens with one attached hydrogen (secondary N) is 1. The molecular formula is C17H27NO2S. The van der Waals surface area contributed by atoms with Crippen molar-refractivity contribution in [2.75, 3.05) is 14.2 Å². The molecule has 0 heterocycles. The predicted molar refractivity (Wildman–Crippen MR) is 88.3 cm³/mol. The van der Waals surface area contributed by atoms with Gasteiger partial charge in [-0.1, -0.05) is 31.9 Å². The quantitative estimate of drug-likeness (QED) is 0.875. The third-order valence-electron chi connectivity index (χ3n) is 4.53. The van der Waals surface area contributed by atoms with Crippen LogP contribution in [0.5, 0.6) is 5.75 Å². The molecule has 0 aromatic heterocycles. The largest absolute Gasteiger partial charge is 0.495 e. The second-order valence-corrected chi connectivity index (χ2v) is 7.49. The number of hydrogen-bond donors (Lipinski definition) is 1. The van der Waals surface area contributed by atoms with Crippen LogP contribution in [0.25, 0.3) is 0 Å². The van der Waals surface area contributed by atoms with E-state index < -0.39 is 10.8 Å². The predicted octanol–water partition coefficient (Wildman–Crippen LogP) is 3.36. The van der Waals surface area contributed by atoms with Crippen molar-refractivity contribution < 1.29 is 8.95 Å². The zero-order valence-electron chi connectivity index (χ0n) is 13.3. The molecule has 0 amide bonds. The van der Waals surface area contributed by atoms with Crippen LogP contribution in [-0.4, -0.2) is 29.7 Å². The van der Waals surface area contributed by atoms with E-state index in [4.69, 9.17) is 4.74 Å². The van der Waals surface area contributed by atoms with Crippen LogP contribution in [0.15, 0.2) is 29.2 Å². The summed E-state index contributed by atoms with van der Waals surface area (Å²) in [6.07, 6.45) is 5.87. The molecule has 1 N–H and O–H groups in total. The molecule has 0 saturated heterocycles. The number of methoxy groups -OCH3 is 1. The first-order chi connectivity index (χ1) is 10.2. The summed E-state index contributed by atoms with van der Waals surface area (Å²) in [7, 11) is 2.61. The third kappa shape index (κ3) is 3.86. The van der Waals surface area contributed by atoms with E-state index in [1.165, 1.54) is 19.3 Å². The summed E-state index contributed by atoms with van der Waals surface area (Å²) < 4.78 is 18.5. The van der Waals surface area contributed by atoms with E-state index in [9.17, 15) is 4.21 Å². The van der Waals surface area contributed by atoms with Crippen LogP contribution in [0.2, 0.25) is 0 Å². The number of ether oxygens (including phenoxy) is 1. The van der Waals surface area contributed by atoms with Gasteiger partial charge in [0.25, 0.3) is 0 Å². The minimum Gasteiger partial charge on any atom is -0.495 e. The fourth-order valence-electron chi connectivity index (χ4n) is 3.40. The first-order valence-electron chi connectivity index (χ1n) is 7.92. The molecule has 0 spiro atoms. The Kier molecular flexibility index (Phi) is 6.24. The minimum absolute atomic E-state index is 0.177. The summed E-state index contributed by atoms with van der Waals surface area (Å²) in [5, 5.41) is 3.55. The van der Waals surface area contributed by atoms with E-state index in [1.54, 1.807) is 7.11 Å². The molecule has 4 heteroatoms. The lowest BCUT2D eigenvalue weighted by molar-refractivity contribution is 0.292. The molecule has 2 rings (SSSR count). The number of para-hydroxylation sites is 1. The lowest BCUT2D eigenvalue weighted by Crippen LogP contribution is -2.44. The van der Waals surface area contributed by atoms with Crippen molar-refractivity contribution >= 4 is 10.8 Å². The van der Waals surface area contributed by atoms with Crippen LogP contribution in [0.4, 0.5) is 0 Å². The summed E-state index contributed by atoms with van der Waals surface area (Å²) >= 11 is 0. The van der Waals surface area contributed by atoms with Crippen LogP contribution < -0.4 is 10.1 Å². The van der Waals surface area contributed by atoms with Crippen molar-refractivity contribution in [1.82, 2.24) is 5.32 Å². The molecule has 118 valence electrons. The van der Waals surface area contributed by atoms with Gasteiger partial charge in [0.1, 0.15) is 5.75 Å². The lowest BCUT2D eigenvalue weighted by atomic mass is 9.83. The highest BCUT2D eigenvalue weighted by Gasteiger charge is 2.34. The number of rotatable bonds is 6. The van der Waals surface area contributed by atoms with Crippen molar-refractivity contribution in [3.8, 4) is 5.75 Å². The van der Waals surface area contributed by atoms with Gasteiger partial charge in [0.15, 0.2) is 0 Å². The van der Waals surface area contributed by atoms with Crippen molar-refractivity contribution in [2.24, 2.45) is 5.92 Å². The topological polar surface area (TPSA) is 38.3 Å². The van der Waals surface area contributed by atoms with Crippen molar-refractivity contribution in [1.29, 1.82) is 0 Å². The normalized spacial score (nSPS) is 27.3. The molecular weight excluding hydrogens is 282 g/mol. The van der Waals surface area contributed by atoms with Crippen LogP contribution in [0.3, 0.4) is 0 Å². The number of hydrogen-bond acceptors (Lipinski definition) is 3. The highest BCUT2D eigenvalue weighted by atomic mass is 32.2. The summed E-state index contributed by atoms with van der Waals surface area (Å²) in [6, 6.07) is 8.04. The Morgan fingerprint density at radius 3 is 2.76 bits per heavy atom. The Bertz CT molecular complexity index is 478. The molecule has 1 aliphatic rings. The Morgan fingerprint density at radius 2 is 2.10 bits per heavy atom. The standard InChI is InChI=1S/C17H27NO2S/c1-4-7-13-10-11-14(18-2)17(12-13)21(19)16-9-6-5-8-15(16)20-3/h5-6,8-9,13-14,17-18H,4,7,10-12H2,1-3H3. The van der Waals surface area contributed by atoms with E-state index in [-0.39, 0.29) is 5.25 Å². The zero-order valence-corrected chi connectivity index (χ0v) is 14.1. The fourth-order valence-corrected chi connectivity index (χ4v) is 5.30. The van der Waals surface area contributed by atoms with Gasteiger partial charge in [0.05, 0.1) is 28.1 Å². The highest BCUT2D eigenvalue weighted by Crippen LogP contribution is 2.34. The zero-order chi connectivity index (χ0) is 15.2. The van der Waals surface area contributed by atoms with Gasteiger partial charge in [-0.2, -0.15) is 0 Å². The molecule has 0 aliphatic heterocycles. The summed E-state index contributed by atoms with van der Waals surface area (Å²) in [5.74, 6) is 1.45. The van der Waals surface area contributed by atoms with E-state index in [0.29, 0.717) is 12.0 Å². The fraction of sp³-hybridized carbons (Fsp3) is 0.647. The van der Waals surface area contributed by atoms with Gasteiger partial charge in [0, 0.05) is 6.04 Å². The van der Waals surface area contributed by atoms with Gasteiger partial charge in [-0.05, 0) is 44.4 Å². The van der Waals surface area contributed by atoms with Gasteiger partial charge >= 0.3 is 0 Å². The monoisotopic (exact) mass is 309 g/mol. The minimum atomic E-state index is -1.02. The molecule has 21 heavy (non-hydrogen) atoms. The van der Waals surface area contributed by atoms with E-state index >= 15 is 0 Å². The molecule has 0 bridgehead atoms. The maximum atomic E-state index is 13.1. The van der Waals surface area contributed by atoms with Crippen molar-refractivity contribution in [3.05, 3.63) is 24.3 Å². The van der Waals surface area contributed by atoms with Crippen LogP contribution in [0.1, 0.15) is 39.0 Å². The summed E-state index contributed by atoms with van der Waals surface area (Å²) in [6.45, 7) is 2.23. The average Bonchev–Trinajstić information content (AvgIpc) is 2.54. The van der Waals surface area contributed by atoms with Gasteiger partial charge < -0.3 is 10.1 Å². The molecule has 0 radical (unpaired) electrons. The highest BCUT2D eigenvalue weighted by molar-refractivity contribution is 7.85. The molecule has 4 atom stereocenters. The van der Waals surface area contributed by atoms with E-state index in [0.717, 1.165) is 23.5 Å². The van der Waals surface area contributed by atoms with Crippen molar-refractivity contribution in [2.45, 2.75) is 55.2 Å². The van der Waals surface area contributed by atoms with Crippen LogP contribution in [-0.2, 0) is 10.8 Å². The van der Waals surface area contributed by atoms with E-state index in [1.807, 2.05) is 31.3 Å². The lowest BCUT2D eigenvalue weighted by Gasteiger charge is -2.35. The second-order valence-electron chi connectivity index (χ2n) is 5.85. The van der Waals surface area contributed by atoms with Gasteiger partial charge in [-0.15, -0.1) is 0 Å². The van der Waals surface area contributed by atoms with E-state index in [2.05, 4.69) is 12.2 Å². The first-order valence-corrected chi connectivity index (χ1v) is 9.13. The Labute approximate surface area is 130 Å². The molecule has 1 aromatic carbocycles. The smallest absolute Gasteiger partial charge is 0.134 e. The average molecular weight is 309 g/mol. The van der Waals surface area contributed by atoms with Crippen LogP contribution >= 0.6 is 0 Å². The Hall–Kier alpha value is -0.870. The molecule has 1 saturated carbocycles. The van der Waals surface area contributed by atoms with Gasteiger partial charge in [0.2, 0.25) is 0 Å². The molecule has 4 unspecified atom stereocenters. The molecule has 1 aliphatic carbocycles. The Morgan fingerprint density at radius 1 is 1.33 bits per heavy atom. The van der Waals surface area contributed by atoms with Crippen LogP contribution in [0, 0.1) is 5.92 Å². The van der Waals surface area contributed by atoms with Crippen molar-refractivity contribution in [3.63, 3.8) is 0 Å².